The molecule has 0 bridgehead atoms. The Hall–Kier alpha value is -1.58. The van der Waals surface area contributed by atoms with Crippen LogP contribution in [0.15, 0.2) is 18.2 Å². The molecule has 98 valence electrons. The van der Waals surface area contributed by atoms with Gasteiger partial charge in [-0.05, 0) is 44.9 Å². The Kier molecular flexibility index (Phi) is 3.28. The number of halogens is 1. The van der Waals surface area contributed by atoms with Crippen molar-refractivity contribution >= 4 is 11.6 Å². The second-order valence-corrected chi connectivity index (χ2v) is 5.08. The van der Waals surface area contributed by atoms with Crippen LogP contribution in [0.4, 0.5) is 10.1 Å². The second-order valence-electron chi connectivity index (χ2n) is 5.08. The van der Waals surface area contributed by atoms with Gasteiger partial charge in [-0.2, -0.15) is 0 Å². The van der Waals surface area contributed by atoms with Crippen LogP contribution >= 0.6 is 0 Å². The van der Waals surface area contributed by atoms with Crippen molar-refractivity contribution in [2.75, 3.05) is 18.1 Å². The van der Waals surface area contributed by atoms with Gasteiger partial charge < -0.3 is 9.64 Å². The number of nitrogens with zero attached hydrogens (tertiary/aromatic N) is 1. The summed E-state index contributed by atoms with van der Waals surface area (Å²) in [5.74, 6) is 0.568. The topological polar surface area (TPSA) is 29.5 Å². The SMILES string of the molecule is Cc1ccc2c(c1)N(CCCF)C(=O)C(C)(C)O2. The zero-order valence-corrected chi connectivity index (χ0v) is 11.0. The monoisotopic (exact) mass is 251 g/mol. The molecule has 1 aliphatic heterocycles. The summed E-state index contributed by atoms with van der Waals surface area (Å²) in [5.41, 5.74) is 0.904. The molecule has 18 heavy (non-hydrogen) atoms. The minimum Gasteiger partial charge on any atom is -0.476 e. The lowest BCUT2D eigenvalue weighted by atomic mass is 10.0. The van der Waals surface area contributed by atoms with Gasteiger partial charge in [0.15, 0.2) is 5.60 Å². The molecule has 0 radical (unpaired) electrons. The van der Waals surface area contributed by atoms with Crippen molar-refractivity contribution in [3.8, 4) is 5.75 Å². The third-order valence-corrected chi connectivity index (χ3v) is 3.05. The highest BCUT2D eigenvalue weighted by molar-refractivity contribution is 6.02. The average molecular weight is 251 g/mol. The normalized spacial score (nSPS) is 17.3. The van der Waals surface area contributed by atoms with Crippen LogP contribution in [0.3, 0.4) is 0 Å². The summed E-state index contributed by atoms with van der Waals surface area (Å²) in [4.78, 5) is 13.9. The molecule has 1 aromatic carbocycles. The Morgan fingerprint density at radius 1 is 1.39 bits per heavy atom. The van der Waals surface area contributed by atoms with E-state index in [1.54, 1.807) is 18.7 Å². The van der Waals surface area contributed by atoms with Crippen molar-refractivity contribution in [1.82, 2.24) is 0 Å². The molecule has 1 aliphatic rings. The van der Waals surface area contributed by atoms with Crippen LogP contribution in [0.25, 0.3) is 0 Å². The number of hydrogen-bond donors (Lipinski definition) is 0. The molecule has 0 atom stereocenters. The highest BCUT2D eigenvalue weighted by Gasteiger charge is 2.40. The third kappa shape index (κ3) is 2.19. The molecule has 0 saturated heterocycles. The number of carbonyl (C=O) groups excluding carboxylic acids is 1. The summed E-state index contributed by atoms with van der Waals surface area (Å²) < 4.78 is 18.1. The number of amides is 1. The van der Waals surface area contributed by atoms with E-state index in [-0.39, 0.29) is 5.91 Å². The average Bonchev–Trinajstić information content (AvgIpc) is 2.31. The molecular formula is C14H18FNO2. The second kappa shape index (κ2) is 4.59. The van der Waals surface area contributed by atoms with E-state index in [1.807, 2.05) is 25.1 Å². The quantitative estimate of drug-likeness (QED) is 0.826. The smallest absolute Gasteiger partial charge is 0.270 e. The molecule has 3 nitrogen and oxygen atoms in total. The first-order valence-electron chi connectivity index (χ1n) is 6.13. The molecule has 0 spiro atoms. The number of hydrogen-bond acceptors (Lipinski definition) is 2. The Bertz CT molecular complexity index is 471. The Labute approximate surface area is 107 Å². The zero-order valence-electron chi connectivity index (χ0n) is 11.0. The van der Waals surface area contributed by atoms with Crippen LogP contribution in [-0.2, 0) is 4.79 Å². The van der Waals surface area contributed by atoms with Crippen molar-refractivity contribution < 1.29 is 13.9 Å². The maximum absolute atomic E-state index is 12.4. The van der Waals surface area contributed by atoms with Gasteiger partial charge in [0, 0.05) is 6.54 Å². The van der Waals surface area contributed by atoms with Gasteiger partial charge in [-0.3, -0.25) is 9.18 Å². The van der Waals surface area contributed by atoms with Crippen LogP contribution in [0, 0.1) is 6.92 Å². The molecule has 0 unspecified atom stereocenters. The van der Waals surface area contributed by atoms with E-state index in [0.29, 0.717) is 18.7 Å². The minimum atomic E-state index is -0.890. The van der Waals surface area contributed by atoms with Crippen LogP contribution in [0.2, 0.25) is 0 Å². The first-order chi connectivity index (χ1) is 8.45. The van der Waals surface area contributed by atoms with Gasteiger partial charge in [-0.1, -0.05) is 6.07 Å². The lowest BCUT2D eigenvalue weighted by Gasteiger charge is -2.38. The van der Waals surface area contributed by atoms with E-state index in [9.17, 15) is 9.18 Å². The summed E-state index contributed by atoms with van der Waals surface area (Å²) in [6.45, 7) is 5.39. The largest absolute Gasteiger partial charge is 0.476 e. The number of carbonyl (C=O) groups is 1. The standard InChI is InChI=1S/C14H18FNO2/c1-10-5-6-12-11(9-10)16(8-4-7-15)13(17)14(2,3)18-12/h5-6,9H,4,7-8H2,1-3H3. The fourth-order valence-corrected chi connectivity index (χ4v) is 2.12. The summed E-state index contributed by atoms with van der Waals surface area (Å²) in [7, 11) is 0. The number of fused-ring (bicyclic) bond motifs is 1. The highest BCUT2D eigenvalue weighted by Crippen LogP contribution is 2.38. The van der Waals surface area contributed by atoms with Crippen molar-refractivity contribution in [3.05, 3.63) is 23.8 Å². The lowest BCUT2D eigenvalue weighted by molar-refractivity contribution is -0.132. The van der Waals surface area contributed by atoms with E-state index in [0.717, 1.165) is 11.3 Å². The molecule has 1 amide bonds. The van der Waals surface area contributed by atoms with Crippen LogP contribution in [-0.4, -0.2) is 24.7 Å². The molecule has 1 aromatic rings. The number of benzene rings is 1. The number of rotatable bonds is 3. The Morgan fingerprint density at radius 2 is 2.11 bits per heavy atom. The number of ether oxygens (including phenoxy) is 1. The molecule has 4 heteroatoms. The maximum atomic E-state index is 12.4. The summed E-state index contributed by atoms with van der Waals surface area (Å²) in [5, 5.41) is 0. The number of alkyl halides is 1. The van der Waals surface area contributed by atoms with E-state index in [2.05, 4.69) is 0 Å². The fraction of sp³-hybridized carbons (Fsp3) is 0.500. The summed E-state index contributed by atoms with van der Waals surface area (Å²) in [6, 6.07) is 5.71. The fourth-order valence-electron chi connectivity index (χ4n) is 2.12. The van der Waals surface area contributed by atoms with Gasteiger partial charge >= 0.3 is 0 Å². The molecule has 0 aromatic heterocycles. The Morgan fingerprint density at radius 3 is 2.78 bits per heavy atom. The molecular weight excluding hydrogens is 233 g/mol. The molecule has 0 aliphatic carbocycles. The predicted molar refractivity (Wildman–Crippen MR) is 68.8 cm³/mol. The van der Waals surface area contributed by atoms with Gasteiger partial charge in [-0.15, -0.1) is 0 Å². The summed E-state index contributed by atoms with van der Waals surface area (Å²) in [6.07, 6.45) is 0.342. The van der Waals surface area contributed by atoms with E-state index < -0.39 is 12.3 Å². The molecule has 0 saturated carbocycles. The highest BCUT2D eigenvalue weighted by atomic mass is 19.1. The first kappa shape index (κ1) is 12.9. The predicted octanol–water partition coefficient (Wildman–Crippen LogP) is 2.86. The van der Waals surface area contributed by atoms with Crippen LogP contribution < -0.4 is 9.64 Å². The zero-order chi connectivity index (χ0) is 13.3. The third-order valence-electron chi connectivity index (χ3n) is 3.05. The van der Waals surface area contributed by atoms with Crippen molar-refractivity contribution in [1.29, 1.82) is 0 Å². The van der Waals surface area contributed by atoms with Crippen LogP contribution in [0.5, 0.6) is 5.75 Å². The van der Waals surface area contributed by atoms with E-state index in [1.165, 1.54) is 0 Å². The lowest BCUT2D eigenvalue weighted by Crippen LogP contribution is -2.52. The van der Waals surface area contributed by atoms with Crippen molar-refractivity contribution in [3.63, 3.8) is 0 Å². The molecule has 1 heterocycles. The molecule has 0 N–H and O–H groups in total. The van der Waals surface area contributed by atoms with Crippen molar-refractivity contribution in [2.45, 2.75) is 32.8 Å². The Balaban J connectivity index is 2.43. The first-order valence-corrected chi connectivity index (χ1v) is 6.13. The molecule has 2 rings (SSSR count). The van der Waals surface area contributed by atoms with E-state index >= 15 is 0 Å². The van der Waals surface area contributed by atoms with Gasteiger partial charge in [0.25, 0.3) is 5.91 Å². The van der Waals surface area contributed by atoms with E-state index in [4.69, 9.17) is 4.74 Å². The minimum absolute atomic E-state index is 0.117. The number of anilines is 1. The number of aryl methyl sites for hydroxylation is 1. The van der Waals surface area contributed by atoms with Gasteiger partial charge in [0.2, 0.25) is 0 Å². The van der Waals surface area contributed by atoms with Gasteiger partial charge in [-0.25, -0.2) is 0 Å². The maximum Gasteiger partial charge on any atom is 0.270 e. The van der Waals surface area contributed by atoms with Crippen molar-refractivity contribution in [2.24, 2.45) is 0 Å². The van der Waals surface area contributed by atoms with Gasteiger partial charge in [0.05, 0.1) is 12.4 Å². The molecule has 0 fully saturated rings. The van der Waals surface area contributed by atoms with Gasteiger partial charge in [0.1, 0.15) is 5.75 Å². The summed E-state index contributed by atoms with van der Waals surface area (Å²) >= 11 is 0. The van der Waals surface area contributed by atoms with Crippen LogP contribution in [0.1, 0.15) is 25.8 Å².